The first-order chi connectivity index (χ1) is 23.9. The summed E-state index contributed by atoms with van der Waals surface area (Å²) in [6, 6.07) is 17.1. The van der Waals surface area contributed by atoms with Crippen LogP contribution in [0.3, 0.4) is 0 Å². The molecule has 12 heteroatoms. The zero-order valence-electron chi connectivity index (χ0n) is 28.0. The SMILES string of the molecule is COc1nc(-c2cccc(-c3cccc(-c4ccc5nnc(CNC[C@@H]6CCC(=O)N6)n5c4)c3C)c2C)cnc1CNC[C@@H]1CCC(=O)N1. The molecule has 0 saturated carbocycles. The summed E-state index contributed by atoms with van der Waals surface area (Å²) in [6.07, 6.45) is 6.76. The van der Waals surface area contributed by atoms with E-state index in [0.717, 1.165) is 74.6 Å². The lowest BCUT2D eigenvalue weighted by molar-refractivity contribution is -0.120. The summed E-state index contributed by atoms with van der Waals surface area (Å²) < 4.78 is 7.69. The second-order valence-electron chi connectivity index (χ2n) is 12.8. The Morgan fingerprint density at radius 1 is 0.816 bits per heavy atom. The summed E-state index contributed by atoms with van der Waals surface area (Å²) in [6.45, 7) is 6.69. The van der Waals surface area contributed by atoms with E-state index in [1.54, 1.807) is 13.3 Å². The predicted octanol–water partition coefficient (Wildman–Crippen LogP) is 3.88. The van der Waals surface area contributed by atoms with Crippen LogP contribution in [0.25, 0.3) is 39.2 Å². The summed E-state index contributed by atoms with van der Waals surface area (Å²) in [5.41, 5.74) is 9.95. The van der Waals surface area contributed by atoms with Crippen molar-refractivity contribution in [2.24, 2.45) is 0 Å². The van der Waals surface area contributed by atoms with E-state index in [0.29, 0.717) is 44.9 Å². The van der Waals surface area contributed by atoms with Crippen LogP contribution in [0.5, 0.6) is 5.88 Å². The van der Waals surface area contributed by atoms with Crippen molar-refractivity contribution in [3.05, 3.63) is 83.6 Å². The number of pyridine rings is 1. The number of fused-ring (bicyclic) bond motifs is 1. The number of methoxy groups -OCH3 is 1. The van der Waals surface area contributed by atoms with Gasteiger partial charge in [0.2, 0.25) is 17.7 Å². The van der Waals surface area contributed by atoms with Crippen molar-refractivity contribution < 1.29 is 14.3 Å². The Morgan fingerprint density at radius 3 is 2.10 bits per heavy atom. The molecule has 3 aromatic heterocycles. The maximum absolute atomic E-state index is 11.6. The van der Waals surface area contributed by atoms with E-state index in [1.807, 2.05) is 10.5 Å². The van der Waals surface area contributed by atoms with E-state index in [4.69, 9.17) is 14.7 Å². The first-order valence-corrected chi connectivity index (χ1v) is 16.8. The molecule has 5 heterocycles. The number of ether oxygens (including phenoxy) is 1. The largest absolute Gasteiger partial charge is 0.480 e. The van der Waals surface area contributed by atoms with Gasteiger partial charge in [-0.2, -0.15) is 0 Å². The van der Waals surface area contributed by atoms with Crippen molar-refractivity contribution in [2.75, 3.05) is 20.2 Å². The number of benzene rings is 2. The van der Waals surface area contributed by atoms with Crippen molar-refractivity contribution in [1.82, 2.24) is 45.8 Å². The van der Waals surface area contributed by atoms with Crippen molar-refractivity contribution in [1.29, 1.82) is 0 Å². The van der Waals surface area contributed by atoms with Gasteiger partial charge in [-0.15, -0.1) is 10.2 Å². The van der Waals surface area contributed by atoms with Crippen LogP contribution in [0.15, 0.2) is 60.9 Å². The number of nitrogens with zero attached hydrogens (tertiary/aromatic N) is 5. The van der Waals surface area contributed by atoms with Crippen LogP contribution >= 0.6 is 0 Å². The molecule has 4 N–H and O–H groups in total. The molecule has 0 spiro atoms. The van der Waals surface area contributed by atoms with Gasteiger partial charge in [0.05, 0.1) is 25.5 Å². The molecule has 12 nitrogen and oxygen atoms in total. The number of rotatable bonds is 12. The fraction of sp³-hybridized carbons (Fsp3) is 0.351. The van der Waals surface area contributed by atoms with Crippen molar-refractivity contribution in [3.63, 3.8) is 0 Å². The van der Waals surface area contributed by atoms with Gasteiger partial charge in [-0.25, -0.2) is 4.98 Å². The number of carbonyl (C=O) groups is 2. The van der Waals surface area contributed by atoms with Gasteiger partial charge < -0.3 is 26.0 Å². The number of nitrogens with one attached hydrogen (secondary N) is 4. The quantitative estimate of drug-likeness (QED) is 0.157. The summed E-state index contributed by atoms with van der Waals surface area (Å²) in [4.78, 5) is 32.6. The highest BCUT2D eigenvalue weighted by atomic mass is 16.5. The van der Waals surface area contributed by atoms with Crippen molar-refractivity contribution in [3.8, 4) is 39.4 Å². The van der Waals surface area contributed by atoms with Crippen LogP contribution in [0.1, 0.15) is 48.3 Å². The molecular weight excluding hydrogens is 618 g/mol. The summed E-state index contributed by atoms with van der Waals surface area (Å²) in [7, 11) is 1.61. The first kappa shape index (κ1) is 32.4. The van der Waals surface area contributed by atoms with Gasteiger partial charge in [0, 0.05) is 56.3 Å². The second kappa shape index (κ2) is 14.1. The van der Waals surface area contributed by atoms with Gasteiger partial charge in [-0.1, -0.05) is 36.4 Å². The van der Waals surface area contributed by atoms with Crippen molar-refractivity contribution in [2.45, 2.75) is 64.7 Å². The Kier molecular flexibility index (Phi) is 9.32. The van der Waals surface area contributed by atoms with E-state index >= 15 is 0 Å². The molecule has 0 aliphatic carbocycles. The number of carbonyl (C=O) groups excluding carboxylic acids is 2. The van der Waals surface area contributed by atoms with Crippen LogP contribution in [-0.2, 0) is 22.7 Å². The maximum atomic E-state index is 11.6. The van der Waals surface area contributed by atoms with Crippen LogP contribution in [0.4, 0.5) is 0 Å². The molecule has 252 valence electrons. The highest BCUT2D eigenvalue weighted by molar-refractivity contribution is 5.83. The van der Waals surface area contributed by atoms with Gasteiger partial charge in [-0.05, 0) is 72.2 Å². The first-order valence-electron chi connectivity index (χ1n) is 16.8. The Morgan fingerprint density at radius 2 is 1.45 bits per heavy atom. The fourth-order valence-electron chi connectivity index (χ4n) is 6.86. The van der Waals surface area contributed by atoms with E-state index < -0.39 is 0 Å². The average Bonchev–Trinajstić information content (AvgIpc) is 3.84. The standard InChI is InChI=1S/C37H41N9O3/c1-22-27(24-10-13-33-44-45-34(46(33)21-24)20-39-17-26-12-15-36(48)42-26)6-4-7-28(22)29-8-5-9-30(23(29)2)31-19-40-32(37(43-31)49-3)18-38-16-25-11-14-35(47)41-25/h4-10,13,19,21,25-26,38-39H,11-12,14-18,20H2,1-3H3,(H,41,47)(H,42,48)/t25-,26-/m0/s1. The monoisotopic (exact) mass is 659 g/mol. The molecule has 7 rings (SSSR count). The number of aromatic nitrogens is 5. The molecule has 0 bridgehead atoms. The van der Waals surface area contributed by atoms with E-state index in [-0.39, 0.29) is 23.9 Å². The zero-order chi connectivity index (χ0) is 33.9. The zero-order valence-corrected chi connectivity index (χ0v) is 28.0. The van der Waals surface area contributed by atoms with Crippen molar-refractivity contribution >= 4 is 17.5 Å². The smallest absolute Gasteiger partial charge is 0.237 e. The minimum atomic E-state index is 0.105. The molecule has 2 aliphatic rings. The number of amides is 2. The molecule has 2 aromatic carbocycles. The Bertz CT molecular complexity index is 2020. The molecule has 2 amide bonds. The van der Waals surface area contributed by atoms with E-state index in [1.165, 1.54) is 0 Å². The highest BCUT2D eigenvalue weighted by Crippen LogP contribution is 2.37. The molecule has 2 atom stereocenters. The second-order valence-corrected chi connectivity index (χ2v) is 12.8. The van der Waals surface area contributed by atoms with Gasteiger partial charge in [0.15, 0.2) is 11.5 Å². The third kappa shape index (κ3) is 6.87. The minimum Gasteiger partial charge on any atom is -0.480 e. The van der Waals surface area contributed by atoms with Gasteiger partial charge >= 0.3 is 0 Å². The predicted molar refractivity (Wildman–Crippen MR) is 187 cm³/mol. The Hall–Kier alpha value is -5.20. The van der Waals surface area contributed by atoms with Crippen LogP contribution in [0.2, 0.25) is 0 Å². The molecule has 0 unspecified atom stereocenters. The average molecular weight is 660 g/mol. The molecule has 5 aromatic rings. The lowest BCUT2D eigenvalue weighted by Crippen LogP contribution is -2.35. The summed E-state index contributed by atoms with van der Waals surface area (Å²) in [5.74, 6) is 1.52. The van der Waals surface area contributed by atoms with E-state index in [9.17, 15) is 9.59 Å². The van der Waals surface area contributed by atoms with Gasteiger partial charge in [0.1, 0.15) is 5.69 Å². The van der Waals surface area contributed by atoms with Gasteiger partial charge in [-0.3, -0.25) is 19.0 Å². The third-order valence-electron chi connectivity index (χ3n) is 9.55. The third-order valence-corrected chi connectivity index (χ3v) is 9.55. The fourth-order valence-corrected chi connectivity index (χ4v) is 6.86. The number of hydrogen-bond donors (Lipinski definition) is 4. The molecule has 0 radical (unpaired) electrons. The molecule has 2 saturated heterocycles. The summed E-state index contributed by atoms with van der Waals surface area (Å²) in [5, 5.41) is 21.6. The van der Waals surface area contributed by atoms with E-state index in [2.05, 4.69) is 94.0 Å². The minimum absolute atomic E-state index is 0.105. The molecule has 2 fully saturated rings. The lowest BCUT2D eigenvalue weighted by atomic mass is 9.89. The molecule has 49 heavy (non-hydrogen) atoms. The topological polar surface area (TPSA) is 147 Å². The van der Waals surface area contributed by atoms with Gasteiger partial charge in [0.25, 0.3) is 0 Å². The molecule has 2 aliphatic heterocycles. The van der Waals surface area contributed by atoms with Crippen LogP contribution < -0.4 is 26.0 Å². The lowest BCUT2D eigenvalue weighted by Gasteiger charge is -2.17. The van der Waals surface area contributed by atoms with Crippen LogP contribution in [0, 0.1) is 13.8 Å². The highest BCUT2D eigenvalue weighted by Gasteiger charge is 2.22. The molecular formula is C37H41N9O3. The normalized spacial score (nSPS) is 17.4. The Labute approximate surface area is 285 Å². The summed E-state index contributed by atoms with van der Waals surface area (Å²) >= 11 is 0. The van der Waals surface area contributed by atoms with Crippen LogP contribution in [-0.4, -0.2) is 68.7 Å². The number of hydrogen-bond acceptors (Lipinski definition) is 9. The maximum Gasteiger partial charge on any atom is 0.237 e. The Balaban J connectivity index is 1.11.